The number of benzene rings is 2. The van der Waals surface area contributed by atoms with E-state index in [1.807, 2.05) is 48.5 Å². The molecule has 0 bridgehead atoms. The summed E-state index contributed by atoms with van der Waals surface area (Å²) in [6.07, 6.45) is -1.08. The lowest BCUT2D eigenvalue weighted by Gasteiger charge is -2.18. The summed E-state index contributed by atoms with van der Waals surface area (Å²) in [7, 11) is 0. The van der Waals surface area contributed by atoms with Crippen molar-refractivity contribution in [1.82, 2.24) is 0 Å². The standard InChI is InChI=1S/C24H36N2O4/c1-17(2)25-13-19(27)15-29-23-11-7-5-9-21(23)22-10-6-8-12-24(22)30-16-20(28)14-26-18(3)4/h5-12,17-20,25-28H,13-16H2,1-4H3/p+2/t19-,20-/m1/s1. The van der Waals surface area contributed by atoms with Crippen molar-refractivity contribution in [2.75, 3.05) is 26.3 Å². The minimum atomic E-state index is -0.542. The first kappa shape index (κ1) is 24.2. The fraction of sp³-hybridized carbons (Fsp3) is 0.500. The molecule has 0 aliphatic carbocycles. The highest BCUT2D eigenvalue weighted by molar-refractivity contribution is 5.75. The Balaban J connectivity index is 2.07. The molecule has 2 rings (SSSR count). The van der Waals surface area contributed by atoms with Crippen LogP contribution < -0.4 is 20.1 Å². The largest absolute Gasteiger partial charge is 0.490 e. The molecule has 0 saturated heterocycles. The first-order valence-corrected chi connectivity index (χ1v) is 10.8. The van der Waals surface area contributed by atoms with Crippen LogP contribution in [0.3, 0.4) is 0 Å². The van der Waals surface area contributed by atoms with Gasteiger partial charge in [0.05, 0.1) is 12.1 Å². The molecular formula is C24H38N2O4+2. The lowest BCUT2D eigenvalue weighted by Crippen LogP contribution is -2.90. The minimum absolute atomic E-state index is 0.229. The Morgan fingerprint density at radius 1 is 0.667 bits per heavy atom. The highest BCUT2D eigenvalue weighted by atomic mass is 16.5. The first-order chi connectivity index (χ1) is 14.4. The summed E-state index contributed by atoms with van der Waals surface area (Å²) >= 11 is 0. The van der Waals surface area contributed by atoms with Crippen molar-refractivity contribution >= 4 is 0 Å². The van der Waals surface area contributed by atoms with Crippen LogP contribution in [-0.4, -0.2) is 60.8 Å². The van der Waals surface area contributed by atoms with Crippen molar-refractivity contribution in [1.29, 1.82) is 0 Å². The van der Waals surface area contributed by atoms with Crippen LogP contribution >= 0.6 is 0 Å². The Bertz CT molecular complexity index is 688. The van der Waals surface area contributed by atoms with E-state index in [0.29, 0.717) is 36.7 Å². The Hall–Kier alpha value is -2.12. The van der Waals surface area contributed by atoms with E-state index >= 15 is 0 Å². The second-order valence-corrected chi connectivity index (χ2v) is 8.35. The first-order valence-electron chi connectivity index (χ1n) is 10.8. The highest BCUT2D eigenvalue weighted by Gasteiger charge is 2.15. The Labute approximate surface area is 180 Å². The third kappa shape index (κ3) is 8.32. The molecular weight excluding hydrogens is 380 g/mol. The van der Waals surface area contributed by atoms with E-state index in [2.05, 4.69) is 38.3 Å². The molecule has 30 heavy (non-hydrogen) atoms. The van der Waals surface area contributed by atoms with Crippen LogP contribution in [0.2, 0.25) is 0 Å². The zero-order valence-electron chi connectivity index (χ0n) is 18.6. The Morgan fingerprint density at radius 3 is 1.40 bits per heavy atom. The van der Waals surface area contributed by atoms with E-state index in [1.165, 1.54) is 0 Å². The van der Waals surface area contributed by atoms with Crippen LogP contribution in [0.5, 0.6) is 11.5 Å². The molecule has 0 aromatic heterocycles. The fourth-order valence-electron chi connectivity index (χ4n) is 3.00. The van der Waals surface area contributed by atoms with Gasteiger partial charge >= 0.3 is 0 Å². The van der Waals surface area contributed by atoms with Gasteiger partial charge in [0.25, 0.3) is 0 Å². The molecule has 166 valence electrons. The number of aliphatic hydroxyl groups is 2. The topological polar surface area (TPSA) is 92.1 Å². The molecule has 0 aliphatic rings. The van der Waals surface area contributed by atoms with Crippen LogP contribution in [0.25, 0.3) is 11.1 Å². The molecule has 0 heterocycles. The third-order valence-electron chi connectivity index (χ3n) is 4.69. The van der Waals surface area contributed by atoms with Crippen LogP contribution in [0.15, 0.2) is 48.5 Å². The Morgan fingerprint density at radius 2 is 1.03 bits per heavy atom. The van der Waals surface area contributed by atoms with Gasteiger partial charge in [-0.1, -0.05) is 36.4 Å². The lowest BCUT2D eigenvalue weighted by molar-refractivity contribution is -0.688. The van der Waals surface area contributed by atoms with Crippen LogP contribution in [0, 0.1) is 0 Å². The molecule has 6 N–H and O–H groups in total. The summed E-state index contributed by atoms with van der Waals surface area (Å²) in [5, 5.41) is 24.6. The van der Waals surface area contributed by atoms with Gasteiger partial charge in [0, 0.05) is 11.1 Å². The van der Waals surface area contributed by atoms with E-state index in [0.717, 1.165) is 11.1 Å². The number of quaternary nitrogens is 2. The zero-order valence-corrected chi connectivity index (χ0v) is 18.6. The van der Waals surface area contributed by atoms with E-state index in [9.17, 15) is 10.2 Å². The van der Waals surface area contributed by atoms with Gasteiger partial charge in [0.2, 0.25) is 0 Å². The minimum Gasteiger partial charge on any atom is -0.490 e. The summed E-state index contributed by atoms with van der Waals surface area (Å²) in [5.74, 6) is 1.40. The normalized spacial score (nSPS) is 13.5. The number of ether oxygens (including phenoxy) is 2. The van der Waals surface area contributed by atoms with Gasteiger partial charge in [-0.3, -0.25) is 0 Å². The van der Waals surface area contributed by atoms with Gasteiger partial charge in [-0.25, -0.2) is 0 Å². The summed E-state index contributed by atoms with van der Waals surface area (Å²) < 4.78 is 11.9. The summed E-state index contributed by atoms with van der Waals surface area (Å²) in [4.78, 5) is 0. The molecule has 0 radical (unpaired) electrons. The van der Waals surface area contributed by atoms with Gasteiger partial charge in [0.1, 0.15) is 50.0 Å². The van der Waals surface area contributed by atoms with Gasteiger partial charge < -0.3 is 30.3 Å². The predicted octanol–water partition coefficient (Wildman–Crippen LogP) is 0.777. The molecule has 2 aromatic rings. The number of nitrogens with two attached hydrogens (primary N) is 2. The van der Waals surface area contributed by atoms with E-state index < -0.39 is 12.2 Å². The van der Waals surface area contributed by atoms with Crippen molar-refractivity contribution in [2.24, 2.45) is 0 Å². The molecule has 0 unspecified atom stereocenters. The number of aliphatic hydroxyl groups excluding tert-OH is 2. The van der Waals surface area contributed by atoms with E-state index in [-0.39, 0.29) is 13.2 Å². The van der Waals surface area contributed by atoms with Crippen molar-refractivity contribution in [2.45, 2.75) is 52.0 Å². The average molecular weight is 419 g/mol. The van der Waals surface area contributed by atoms with Crippen LogP contribution in [-0.2, 0) is 0 Å². The molecule has 0 saturated carbocycles. The molecule has 6 nitrogen and oxygen atoms in total. The zero-order chi connectivity index (χ0) is 21.9. The summed E-state index contributed by atoms with van der Waals surface area (Å²) in [6, 6.07) is 16.4. The lowest BCUT2D eigenvalue weighted by atomic mass is 10.0. The van der Waals surface area contributed by atoms with Gasteiger partial charge in [-0.05, 0) is 39.8 Å². The second-order valence-electron chi connectivity index (χ2n) is 8.35. The number of hydrogen-bond donors (Lipinski definition) is 4. The SMILES string of the molecule is CC(C)[NH2+]C[C@@H](O)COc1ccccc1-c1ccccc1OC[C@H](O)C[NH2+]C(C)C. The highest BCUT2D eigenvalue weighted by Crippen LogP contribution is 2.36. The quantitative estimate of drug-likeness (QED) is 0.387. The fourth-order valence-corrected chi connectivity index (χ4v) is 3.00. The molecule has 0 spiro atoms. The molecule has 0 fully saturated rings. The molecule has 2 aromatic carbocycles. The van der Waals surface area contributed by atoms with E-state index in [1.54, 1.807) is 0 Å². The average Bonchev–Trinajstić information content (AvgIpc) is 2.73. The van der Waals surface area contributed by atoms with Crippen molar-refractivity contribution in [3.8, 4) is 22.6 Å². The van der Waals surface area contributed by atoms with Crippen LogP contribution in [0.4, 0.5) is 0 Å². The number of hydrogen-bond acceptors (Lipinski definition) is 4. The van der Waals surface area contributed by atoms with Gasteiger partial charge in [-0.15, -0.1) is 0 Å². The van der Waals surface area contributed by atoms with E-state index in [4.69, 9.17) is 9.47 Å². The monoisotopic (exact) mass is 418 g/mol. The maximum atomic E-state index is 10.2. The molecule has 6 heteroatoms. The van der Waals surface area contributed by atoms with Gasteiger partial charge in [-0.2, -0.15) is 0 Å². The van der Waals surface area contributed by atoms with Crippen molar-refractivity contribution in [3.05, 3.63) is 48.5 Å². The Kier molecular flexibility index (Phi) is 10.1. The van der Waals surface area contributed by atoms with Crippen molar-refractivity contribution in [3.63, 3.8) is 0 Å². The molecule has 0 aliphatic heterocycles. The third-order valence-corrected chi connectivity index (χ3v) is 4.69. The summed E-state index contributed by atoms with van der Waals surface area (Å²) in [5.41, 5.74) is 1.80. The van der Waals surface area contributed by atoms with Crippen LogP contribution in [0.1, 0.15) is 27.7 Å². The van der Waals surface area contributed by atoms with Gasteiger partial charge in [0.15, 0.2) is 0 Å². The second kappa shape index (κ2) is 12.5. The number of rotatable bonds is 13. The smallest absolute Gasteiger partial charge is 0.137 e. The molecule has 2 atom stereocenters. The summed E-state index contributed by atoms with van der Waals surface area (Å²) in [6.45, 7) is 10.0. The predicted molar refractivity (Wildman–Crippen MR) is 119 cm³/mol. The maximum absolute atomic E-state index is 10.2. The molecule has 0 amide bonds. The number of para-hydroxylation sites is 2. The maximum Gasteiger partial charge on any atom is 0.137 e. The van der Waals surface area contributed by atoms with Crippen molar-refractivity contribution < 1.29 is 30.3 Å².